The van der Waals surface area contributed by atoms with Crippen molar-refractivity contribution in [3.05, 3.63) is 95.1 Å². The highest BCUT2D eigenvalue weighted by atomic mass is 14.7. The van der Waals surface area contributed by atoms with E-state index in [-0.39, 0.29) is 0 Å². The standard InChI is InChI=1S/C29H16N4/c1-17-23-19-11-5-7-13-21(19)29(33-16-31)27(23)25(18-9-3-2-4-10-18)26-20-12-6-8-14-22(20)28(24(17)26)32-15-30/h2-14H,1H3/b32-28+,33-29+. The molecule has 0 amide bonds. The summed E-state index contributed by atoms with van der Waals surface area (Å²) < 4.78 is 0. The minimum Gasteiger partial charge on any atom is -0.172 e. The second kappa shape index (κ2) is 7.12. The van der Waals surface area contributed by atoms with Gasteiger partial charge in [0.1, 0.15) is 0 Å². The number of nitrogens with zero attached hydrogens (tertiary/aromatic N) is 4. The second-order valence-electron chi connectivity index (χ2n) is 8.08. The van der Waals surface area contributed by atoms with Crippen molar-refractivity contribution < 1.29 is 0 Å². The van der Waals surface area contributed by atoms with Crippen molar-refractivity contribution in [2.45, 2.75) is 6.92 Å². The fourth-order valence-electron chi connectivity index (χ4n) is 5.32. The van der Waals surface area contributed by atoms with Crippen LogP contribution in [0.4, 0.5) is 0 Å². The van der Waals surface area contributed by atoms with Gasteiger partial charge >= 0.3 is 0 Å². The molecule has 0 aromatic heterocycles. The van der Waals surface area contributed by atoms with Crippen molar-refractivity contribution in [1.82, 2.24) is 0 Å². The van der Waals surface area contributed by atoms with Gasteiger partial charge in [-0.1, -0.05) is 78.9 Å². The molecule has 0 spiro atoms. The first-order valence-corrected chi connectivity index (χ1v) is 10.7. The van der Waals surface area contributed by atoms with Gasteiger partial charge in [-0.15, -0.1) is 0 Å². The van der Waals surface area contributed by atoms with Crippen LogP contribution in [-0.2, 0) is 0 Å². The quantitative estimate of drug-likeness (QED) is 0.310. The molecule has 0 bridgehead atoms. The zero-order valence-electron chi connectivity index (χ0n) is 17.8. The van der Waals surface area contributed by atoms with Crippen LogP contribution in [0, 0.1) is 29.8 Å². The number of aryl methyl sites for hydroxylation is 1. The van der Waals surface area contributed by atoms with Crippen LogP contribution in [0.25, 0.3) is 54.2 Å². The number of nitriles is 2. The summed E-state index contributed by atoms with van der Waals surface area (Å²) in [4.78, 5) is 8.59. The summed E-state index contributed by atoms with van der Waals surface area (Å²) in [5.74, 6) is 0. The Hall–Kier alpha value is -4.80. The first-order valence-electron chi connectivity index (χ1n) is 10.7. The maximum absolute atomic E-state index is 9.58. The third-order valence-electron chi connectivity index (χ3n) is 6.51. The van der Waals surface area contributed by atoms with E-state index >= 15 is 0 Å². The van der Waals surface area contributed by atoms with Crippen LogP contribution in [0.15, 0.2) is 88.8 Å². The van der Waals surface area contributed by atoms with Crippen LogP contribution in [-0.4, -0.2) is 0 Å². The molecule has 0 fully saturated rings. The van der Waals surface area contributed by atoms with Crippen LogP contribution >= 0.6 is 0 Å². The fraction of sp³-hybridized carbons (Fsp3) is 0.0345. The predicted octanol–water partition coefficient (Wildman–Crippen LogP) is 5.91. The Kier molecular flexibility index (Phi) is 4.09. The Bertz CT molecular complexity index is 1930. The molecular formula is C29H16N4. The monoisotopic (exact) mass is 420 g/mol. The van der Waals surface area contributed by atoms with E-state index in [0.29, 0.717) is 10.7 Å². The smallest absolute Gasteiger partial charge is 0.172 e. The number of rotatable bonds is 1. The molecule has 0 saturated heterocycles. The maximum atomic E-state index is 9.58. The average Bonchev–Trinajstić information content (AvgIpc) is 3.35. The lowest BCUT2D eigenvalue weighted by atomic mass is 9.91. The summed E-state index contributed by atoms with van der Waals surface area (Å²) in [6, 6.07) is 26.3. The molecule has 0 heterocycles. The molecule has 4 heteroatoms. The normalized spacial score (nSPS) is 12.7. The van der Waals surface area contributed by atoms with Crippen LogP contribution in [0.3, 0.4) is 0 Å². The van der Waals surface area contributed by atoms with Crippen molar-refractivity contribution in [2.24, 2.45) is 9.98 Å². The van der Waals surface area contributed by atoms with E-state index in [1.807, 2.05) is 67.0 Å². The van der Waals surface area contributed by atoms with Crippen molar-refractivity contribution in [1.29, 1.82) is 10.5 Å². The van der Waals surface area contributed by atoms with Crippen LogP contribution in [0.5, 0.6) is 0 Å². The van der Waals surface area contributed by atoms with Gasteiger partial charge in [0.05, 0.1) is 10.7 Å². The molecule has 6 rings (SSSR count). The number of hydrogen-bond donors (Lipinski definition) is 0. The average molecular weight is 420 g/mol. The number of fused-ring (bicyclic) bond motifs is 6. The topological polar surface area (TPSA) is 72.3 Å². The summed E-state index contributed by atoms with van der Waals surface area (Å²) in [6.45, 7) is 2.08. The van der Waals surface area contributed by atoms with Gasteiger partial charge in [-0.05, 0) is 34.2 Å². The summed E-state index contributed by atoms with van der Waals surface area (Å²) >= 11 is 0. The van der Waals surface area contributed by atoms with Crippen molar-refractivity contribution in [2.75, 3.05) is 0 Å². The van der Waals surface area contributed by atoms with Gasteiger partial charge in [0, 0.05) is 32.5 Å². The molecule has 0 atom stereocenters. The Morgan fingerprint density at radius 2 is 1.03 bits per heavy atom. The Balaban J connectivity index is 2.10. The highest BCUT2D eigenvalue weighted by Gasteiger charge is 2.23. The van der Waals surface area contributed by atoms with Crippen molar-refractivity contribution >= 4 is 43.1 Å². The molecular weight excluding hydrogens is 404 g/mol. The van der Waals surface area contributed by atoms with Gasteiger partial charge in [0.2, 0.25) is 12.4 Å². The third kappa shape index (κ3) is 2.50. The van der Waals surface area contributed by atoms with E-state index in [9.17, 15) is 10.5 Å². The zero-order chi connectivity index (χ0) is 22.5. The number of hydrogen-bond acceptors (Lipinski definition) is 4. The van der Waals surface area contributed by atoms with E-state index in [1.165, 1.54) is 0 Å². The first kappa shape index (κ1) is 18.9. The van der Waals surface area contributed by atoms with E-state index in [2.05, 4.69) is 41.2 Å². The van der Waals surface area contributed by atoms with Crippen molar-refractivity contribution in [3.63, 3.8) is 0 Å². The molecule has 0 unspecified atom stereocenters. The van der Waals surface area contributed by atoms with Crippen LogP contribution in [0.1, 0.15) is 5.56 Å². The minimum absolute atomic E-state index is 0.691. The summed E-state index contributed by atoms with van der Waals surface area (Å²) in [5, 5.41) is 28.5. The molecule has 0 radical (unpaired) electrons. The first-order chi connectivity index (χ1) is 16.3. The number of benzene rings is 4. The van der Waals surface area contributed by atoms with E-state index in [0.717, 1.165) is 59.8 Å². The third-order valence-corrected chi connectivity index (χ3v) is 6.51. The molecule has 0 aliphatic carbocycles. The van der Waals surface area contributed by atoms with E-state index < -0.39 is 0 Å². The maximum Gasteiger partial charge on any atom is 0.206 e. The lowest BCUT2D eigenvalue weighted by Crippen LogP contribution is -2.03. The highest BCUT2D eigenvalue weighted by molar-refractivity contribution is 6.30. The predicted molar refractivity (Wildman–Crippen MR) is 131 cm³/mol. The second-order valence-corrected chi connectivity index (χ2v) is 8.08. The highest BCUT2D eigenvalue weighted by Crippen LogP contribution is 2.43. The van der Waals surface area contributed by atoms with Gasteiger partial charge in [0.15, 0.2) is 0 Å². The molecule has 33 heavy (non-hydrogen) atoms. The summed E-state index contributed by atoms with van der Waals surface area (Å²) in [5.41, 5.74) is 3.10. The molecule has 152 valence electrons. The molecule has 0 N–H and O–H groups in total. The SMILES string of the molecule is Cc1c2/c(=N/C#N)c3ccccc3c2c(-c2ccccc2)c2/c(=N/C#N)c3ccccc3c12. The minimum atomic E-state index is 0.691. The summed E-state index contributed by atoms with van der Waals surface area (Å²) in [7, 11) is 0. The van der Waals surface area contributed by atoms with Crippen LogP contribution in [0.2, 0.25) is 0 Å². The van der Waals surface area contributed by atoms with E-state index in [4.69, 9.17) is 0 Å². The van der Waals surface area contributed by atoms with Gasteiger partial charge in [-0.2, -0.15) is 20.5 Å². The van der Waals surface area contributed by atoms with Gasteiger partial charge in [-0.3, -0.25) is 0 Å². The molecule has 0 aliphatic heterocycles. The zero-order valence-corrected chi connectivity index (χ0v) is 17.8. The Labute approximate surface area is 189 Å². The van der Waals surface area contributed by atoms with Crippen molar-refractivity contribution in [3.8, 4) is 23.5 Å². The lowest BCUT2D eigenvalue weighted by molar-refractivity contribution is 1.37. The Morgan fingerprint density at radius 3 is 1.61 bits per heavy atom. The Morgan fingerprint density at radius 1 is 0.545 bits per heavy atom. The molecule has 6 aromatic rings. The molecule has 0 saturated carbocycles. The summed E-state index contributed by atoms with van der Waals surface area (Å²) in [6.07, 6.45) is 4.04. The molecule has 6 aromatic carbocycles. The van der Waals surface area contributed by atoms with Gasteiger partial charge in [-0.25, -0.2) is 0 Å². The lowest BCUT2D eigenvalue weighted by Gasteiger charge is -2.11. The largest absolute Gasteiger partial charge is 0.206 e. The van der Waals surface area contributed by atoms with Gasteiger partial charge in [0.25, 0.3) is 0 Å². The fourth-order valence-corrected chi connectivity index (χ4v) is 5.32. The van der Waals surface area contributed by atoms with Gasteiger partial charge < -0.3 is 0 Å². The van der Waals surface area contributed by atoms with E-state index in [1.54, 1.807) is 0 Å². The van der Waals surface area contributed by atoms with Crippen LogP contribution < -0.4 is 10.7 Å². The molecule has 0 aliphatic rings. The molecule has 4 nitrogen and oxygen atoms in total.